The number of thiazole rings is 1. The van der Waals surface area contributed by atoms with Gasteiger partial charge >= 0.3 is 6.18 Å². The van der Waals surface area contributed by atoms with Gasteiger partial charge in [0.05, 0.1) is 22.3 Å². The molecule has 3 aromatic rings. The van der Waals surface area contributed by atoms with Crippen molar-refractivity contribution in [1.82, 2.24) is 19.9 Å². The van der Waals surface area contributed by atoms with Gasteiger partial charge < -0.3 is 10.6 Å². The van der Waals surface area contributed by atoms with Gasteiger partial charge in [-0.2, -0.15) is 13.2 Å². The van der Waals surface area contributed by atoms with E-state index in [1.54, 1.807) is 0 Å². The highest BCUT2D eigenvalue weighted by atomic mass is 32.1. The lowest BCUT2D eigenvalue weighted by Crippen LogP contribution is -2.29. The molecule has 1 amide bonds. The number of amides is 1. The average molecular weight is 367 g/mol. The van der Waals surface area contributed by atoms with E-state index in [4.69, 9.17) is 5.73 Å². The van der Waals surface area contributed by atoms with Crippen molar-refractivity contribution in [2.45, 2.75) is 12.7 Å². The summed E-state index contributed by atoms with van der Waals surface area (Å²) in [5.41, 5.74) is 3.99. The van der Waals surface area contributed by atoms with Crippen molar-refractivity contribution in [2.24, 2.45) is 0 Å². The van der Waals surface area contributed by atoms with Gasteiger partial charge in [0.1, 0.15) is 5.01 Å². The molecule has 3 rings (SSSR count). The SMILES string of the molecule is CN(Cc1nc2ccccc2s1)C(=O)c1cnc(N)nc1C(F)(F)F. The molecular formula is C15H12F3N5OS. The summed E-state index contributed by atoms with van der Waals surface area (Å²) in [5.74, 6) is -1.40. The fourth-order valence-electron chi connectivity index (χ4n) is 2.24. The van der Waals surface area contributed by atoms with Crippen LogP contribution in [-0.4, -0.2) is 32.8 Å². The number of halogens is 3. The summed E-state index contributed by atoms with van der Waals surface area (Å²) in [7, 11) is 1.39. The molecule has 6 nitrogen and oxygen atoms in total. The average Bonchev–Trinajstić information content (AvgIpc) is 2.95. The molecule has 10 heteroatoms. The van der Waals surface area contributed by atoms with Gasteiger partial charge in [0.25, 0.3) is 5.91 Å². The van der Waals surface area contributed by atoms with Crippen molar-refractivity contribution in [1.29, 1.82) is 0 Å². The first-order chi connectivity index (χ1) is 11.8. The summed E-state index contributed by atoms with van der Waals surface area (Å²) in [6.45, 7) is 0.0693. The van der Waals surface area contributed by atoms with Crippen molar-refractivity contribution in [2.75, 3.05) is 12.8 Å². The number of para-hydroxylation sites is 1. The zero-order valence-electron chi connectivity index (χ0n) is 12.9. The molecule has 0 saturated carbocycles. The van der Waals surface area contributed by atoms with Crippen LogP contribution in [0.1, 0.15) is 21.1 Å². The Morgan fingerprint density at radius 3 is 2.68 bits per heavy atom. The van der Waals surface area contributed by atoms with Crippen molar-refractivity contribution in [3.05, 3.63) is 46.7 Å². The smallest absolute Gasteiger partial charge is 0.368 e. The van der Waals surface area contributed by atoms with Crippen LogP contribution < -0.4 is 5.73 Å². The van der Waals surface area contributed by atoms with E-state index in [0.29, 0.717) is 5.01 Å². The van der Waals surface area contributed by atoms with Gasteiger partial charge in [-0.05, 0) is 12.1 Å². The van der Waals surface area contributed by atoms with E-state index in [2.05, 4.69) is 15.0 Å². The molecule has 0 aliphatic heterocycles. The van der Waals surface area contributed by atoms with Gasteiger partial charge in [-0.25, -0.2) is 15.0 Å². The fraction of sp³-hybridized carbons (Fsp3) is 0.200. The molecule has 0 bridgehead atoms. The topological polar surface area (TPSA) is 85.0 Å². The normalized spacial score (nSPS) is 11.7. The summed E-state index contributed by atoms with van der Waals surface area (Å²) < 4.78 is 40.2. The third-order valence-corrected chi connectivity index (χ3v) is 4.38. The number of rotatable bonds is 3. The zero-order valence-corrected chi connectivity index (χ0v) is 13.7. The van der Waals surface area contributed by atoms with Crippen LogP contribution in [0.2, 0.25) is 0 Å². The number of nitrogens with zero attached hydrogens (tertiary/aromatic N) is 4. The quantitative estimate of drug-likeness (QED) is 0.769. The highest BCUT2D eigenvalue weighted by molar-refractivity contribution is 7.18. The van der Waals surface area contributed by atoms with Crippen LogP contribution in [0.3, 0.4) is 0 Å². The summed E-state index contributed by atoms with van der Waals surface area (Å²) in [6.07, 6.45) is -4.01. The van der Waals surface area contributed by atoms with Crippen molar-refractivity contribution in [3.63, 3.8) is 0 Å². The highest BCUT2D eigenvalue weighted by Gasteiger charge is 2.38. The van der Waals surface area contributed by atoms with Crippen molar-refractivity contribution in [3.8, 4) is 0 Å². The first-order valence-corrected chi connectivity index (χ1v) is 7.87. The Bertz CT molecular complexity index is 907. The molecule has 0 aliphatic rings. The largest absolute Gasteiger partial charge is 0.434 e. The Morgan fingerprint density at radius 1 is 1.28 bits per heavy atom. The van der Waals surface area contributed by atoms with Crippen LogP contribution >= 0.6 is 11.3 Å². The molecule has 1 aromatic carbocycles. The second-order valence-corrected chi connectivity index (χ2v) is 6.34. The van der Waals surface area contributed by atoms with Crippen LogP contribution in [0, 0.1) is 0 Å². The van der Waals surface area contributed by atoms with Crippen LogP contribution in [0.5, 0.6) is 0 Å². The van der Waals surface area contributed by atoms with Gasteiger partial charge in [-0.1, -0.05) is 12.1 Å². The van der Waals surface area contributed by atoms with Crippen LogP contribution in [0.25, 0.3) is 10.2 Å². The second-order valence-electron chi connectivity index (χ2n) is 5.22. The Labute approximate surface area is 144 Å². The van der Waals surface area contributed by atoms with Gasteiger partial charge in [0.15, 0.2) is 5.69 Å². The molecule has 2 aromatic heterocycles. The van der Waals surface area contributed by atoms with E-state index < -0.39 is 29.3 Å². The predicted molar refractivity (Wildman–Crippen MR) is 86.9 cm³/mol. The number of carbonyl (C=O) groups excluding carboxylic acids is 1. The summed E-state index contributed by atoms with van der Waals surface area (Å²) in [6, 6.07) is 7.41. The van der Waals surface area contributed by atoms with Crippen molar-refractivity contribution < 1.29 is 18.0 Å². The second kappa shape index (κ2) is 6.28. The number of anilines is 1. The van der Waals surface area contributed by atoms with Gasteiger partial charge in [0.2, 0.25) is 5.95 Å². The van der Waals surface area contributed by atoms with Gasteiger partial charge in [0, 0.05) is 13.2 Å². The minimum Gasteiger partial charge on any atom is -0.368 e. The van der Waals surface area contributed by atoms with E-state index in [1.807, 2.05) is 24.3 Å². The molecule has 2 heterocycles. The molecule has 0 unspecified atom stereocenters. The molecule has 0 atom stereocenters. The number of nitrogens with two attached hydrogens (primary N) is 1. The minimum absolute atomic E-state index is 0.0693. The van der Waals surface area contributed by atoms with Gasteiger partial charge in [-0.3, -0.25) is 4.79 Å². The first kappa shape index (κ1) is 17.1. The number of aromatic nitrogens is 3. The first-order valence-electron chi connectivity index (χ1n) is 7.05. The maximum absolute atomic E-state index is 13.1. The zero-order chi connectivity index (χ0) is 18.2. The summed E-state index contributed by atoms with van der Waals surface area (Å²) >= 11 is 1.37. The number of alkyl halides is 3. The van der Waals surface area contributed by atoms with E-state index in [9.17, 15) is 18.0 Å². The van der Waals surface area contributed by atoms with E-state index in [1.165, 1.54) is 18.4 Å². The van der Waals surface area contributed by atoms with Crippen LogP contribution in [0.15, 0.2) is 30.5 Å². The number of carbonyl (C=O) groups is 1. The maximum atomic E-state index is 13.1. The Balaban J connectivity index is 1.87. The van der Waals surface area contributed by atoms with Gasteiger partial charge in [-0.15, -0.1) is 11.3 Å². The number of fused-ring (bicyclic) bond motifs is 1. The molecule has 0 fully saturated rings. The Kier molecular flexibility index (Phi) is 4.29. The lowest BCUT2D eigenvalue weighted by atomic mass is 10.2. The molecule has 0 spiro atoms. The molecule has 0 aliphatic carbocycles. The highest BCUT2D eigenvalue weighted by Crippen LogP contribution is 2.31. The number of hydrogen-bond acceptors (Lipinski definition) is 6. The third kappa shape index (κ3) is 3.53. The standard InChI is InChI=1S/C15H12F3N5OS/c1-23(7-11-21-9-4-2-3-5-10(9)25-11)13(24)8-6-20-14(19)22-12(8)15(16,17)18/h2-6H,7H2,1H3,(H2,19,20,22). The van der Waals surface area contributed by atoms with E-state index in [-0.39, 0.29) is 6.54 Å². The molecule has 130 valence electrons. The lowest BCUT2D eigenvalue weighted by molar-refractivity contribution is -0.141. The summed E-state index contributed by atoms with van der Waals surface area (Å²) in [4.78, 5) is 24.6. The van der Waals surface area contributed by atoms with Crippen LogP contribution in [0.4, 0.5) is 19.1 Å². The van der Waals surface area contributed by atoms with E-state index in [0.717, 1.165) is 21.3 Å². The minimum atomic E-state index is -4.81. The molecule has 2 N–H and O–H groups in total. The number of nitrogen functional groups attached to an aromatic ring is 1. The Hall–Kier alpha value is -2.75. The monoisotopic (exact) mass is 367 g/mol. The number of hydrogen-bond donors (Lipinski definition) is 1. The third-order valence-electron chi connectivity index (χ3n) is 3.36. The van der Waals surface area contributed by atoms with E-state index >= 15 is 0 Å². The number of benzene rings is 1. The van der Waals surface area contributed by atoms with Crippen LogP contribution in [-0.2, 0) is 12.7 Å². The van der Waals surface area contributed by atoms with Crippen molar-refractivity contribution >= 4 is 33.4 Å². The lowest BCUT2D eigenvalue weighted by Gasteiger charge is -2.18. The fourth-order valence-corrected chi connectivity index (χ4v) is 3.26. The summed E-state index contributed by atoms with van der Waals surface area (Å²) in [5, 5.41) is 0.613. The Morgan fingerprint density at radius 2 is 2.00 bits per heavy atom. The molecule has 25 heavy (non-hydrogen) atoms. The maximum Gasteiger partial charge on any atom is 0.434 e. The predicted octanol–water partition coefficient (Wildman–Crippen LogP) is 2.96. The molecular weight excluding hydrogens is 355 g/mol. The molecule has 0 radical (unpaired) electrons. The molecule has 0 saturated heterocycles.